The number of Topliss-reactive ketones (excluding diaryl/α,β-unsaturated/α-hetero) is 1. The Balaban J connectivity index is 0.000000309. The van der Waals surface area contributed by atoms with Crippen molar-refractivity contribution >= 4 is 34.2 Å². The smallest absolute Gasteiger partial charge is 0.208 e. The summed E-state index contributed by atoms with van der Waals surface area (Å²) in [5.74, 6) is 0.101. The van der Waals surface area contributed by atoms with Crippen molar-refractivity contribution < 1.29 is 13.6 Å². The molecule has 5 N–H and O–H groups in total. The van der Waals surface area contributed by atoms with Crippen LogP contribution in [0.5, 0.6) is 0 Å². The first-order valence-electron chi connectivity index (χ1n) is 8.17. The summed E-state index contributed by atoms with van der Waals surface area (Å²) < 4.78 is 20.6. The molecule has 1 aromatic heterocycles. The second kappa shape index (κ2) is 12.3. The highest BCUT2D eigenvalue weighted by Crippen LogP contribution is 2.10. The zero-order valence-corrected chi connectivity index (χ0v) is 16.9. The second-order valence-corrected chi connectivity index (χ2v) is 7.37. The first kappa shape index (κ1) is 22.9. The number of aromatic nitrogens is 1. The normalized spacial score (nSPS) is 12.4. The molecule has 27 heavy (non-hydrogen) atoms. The van der Waals surface area contributed by atoms with E-state index in [1.807, 2.05) is 6.92 Å². The molecular weight excluding hydrogens is 386 g/mol. The van der Waals surface area contributed by atoms with Crippen molar-refractivity contribution in [3.05, 3.63) is 46.4 Å². The summed E-state index contributed by atoms with van der Waals surface area (Å²) in [6.07, 6.45) is 3.07. The lowest BCUT2D eigenvalue weighted by Gasteiger charge is -2.12. The minimum Gasteiger partial charge on any atom is -0.768 e. The van der Waals surface area contributed by atoms with Gasteiger partial charge in [-0.2, -0.15) is 0 Å². The third-order valence-electron chi connectivity index (χ3n) is 3.47. The van der Waals surface area contributed by atoms with E-state index >= 15 is 0 Å². The van der Waals surface area contributed by atoms with Crippen LogP contribution in [-0.2, 0) is 11.1 Å². The number of rotatable bonds is 8. The van der Waals surface area contributed by atoms with Gasteiger partial charge in [-0.3, -0.25) is 14.0 Å². The van der Waals surface area contributed by atoms with E-state index in [9.17, 15) is 13.6 Å². The number of nitrogens with zero attached hydrogens (tertiary/aromatic N) is 2. The number of nitrogens with one attached hydrogen (secondary N) is 1. The van der Waals surface area contributed by atoms with Gasteiger partial charge in [0.2, 0.25) is 5.78 Å². The summed E-state index contributed by atoms with van der Waals surface area (Å²) in [6.45, 7) is 2.45. The lowest BCUT2D eigenvalue weighted by Crippen LogP contribution is -2.34. The number of thiazole rings is 1. The molecule has 1 heterocycles. The molecule has 0 saturated heterocycles. The molecule has 0 amide bonds. The SMILES string of the molecule is CN[C@@H](CCCN=C(N)N)C(=O)c1nccs1.Cc1ccc(S(=O)[O-])cc1. The predicted octanol–water partition coefficient (Wildman–Crippen LogP) is 1.20. The van der Waals surface area contributed by atoms with Crippen molar-refractivity contribution in [2.45, 2.75) is 30.7 Å². The highest BCUT2D eigenvalue weighted by atomic mass is 32.2. The molecule has 2 aromatic rings. The lowest BCUT2D eigenvalue weighted by molar-refractivity contribution is 0.0941. The van der Waals surface area contributed by atoms with E-state index in [-0.39, 0.29) is 17.8 Å². The van der Waals surface area contributed by atoms with E-state index in [0.29, 0.717) is 22.9 Å². The van der Waals surface area contributed by atoms with E-state index in [4.69, 9.17) is 11.5 Å². The molecule has 1 aromatic carbocycles. The fourth-order valence-corrected chi connectivity index (χ4v) is 3.04. The third-order valence-corrected chi connectivity index (χ3v) is 4.91. The van der Waals surface area contributed by atoms with Crippen LogP contribution in [0.25, 0.3) is 0 Å². The molecule has 148 valence electrons. The van der Waals surface area contributed by atoms with Crippen molar-refractivity contribution in [3.63, 3.8) is 0 Å². The van der Waals surface area contributed by atoms with Gasteiger partial charge in [0.05, 0.1) is 6.04 Å². The second-order valence-electron chi connectivity index (χ2n) is 5.54. The number of likely N-dealkylation sites (N-methyl/N-ethyl adjacent to an activating group) is 1. The van der Waals surface area contributed by atoms with Crippen LogP contribution in [0.3, 0.4) is 0 Å². The number of ketones is 1. The van der Waals surface area contributed by atoms with Gasteiger partial charge in [-0.25, -0.2) is 4.98 Å². The number of carbonyl (C=O) groups excluding carboxylic acids is 1. The van der Waals surface area contributed by atoms with Gasteiger partial charge in [0.1, 0.15) is 0 Å². The molecule has 2 rings (SSSR count). The lowest BCUT2D eigenvalue weighted by atomic mass is 10.1. The molecule has 0 radical (unpaired) electrons. The number of guanidine groups is 1. The maximum atomic E-state index is 12.0. The third kappa shape index (κ3) is 8.87. The summed E-state index contributed by atoms with van der Waals surface area (Å²) in [6, 6.07) is 6.48. The van der Waals surface area contributed by atoms with E-state index in [1.165, 1.54) is 11.3 Å². The molecular formula is C17H24N5O3S2-. The summed E-state index contributed by atoms with van der Waals surface area (Å²) in [7, 11) is 1.76. The van der Waals surface area contributed by atoms with Gasteiger partial charge < -0.3 is 21.3 Å². The van der Waals surface area contributed by atoms with Crippen LogP contribution in [0.2, 0.25) is 0 Å². The molecule has 0 fully saturated rings. The number of benzene rings is 1. The van der Waals surface area contributed by atoms with Gasteiger partial charge in [0.25, 0.3) is 0 Å². The Hall–Kier alpha value is -2.14. The maximum absolute atomic E-state index is 12.0. The Labute approximate surface area is 165 Å². The number of aliphatic imine (C=N–C) groups is 1. The predicted molar refractivity (Wildman–Crippen MR) is 108 cm³/mol. The highest BCUT2D eigenvalue weighted by Gasteiger charge is 2.19. The quantitative estimate of drug-likeness (QED) is 0.195. The number of hydrogen-bond acceptors (Lipinski definition) is 7. The van der Waals surface area contributed by atoms with Crippen LogP contribution in [0.1, 0.15) is 28.2 Å². The van der Waals surface area contributed by atoms with Crippen LogP contribution in [0.15, 0.2) is 45.7 Å². The van der Waals surface area contributed by atoms with E-state index in [0.717, 1.165) is 12.0 Å². The number of hydrogen-bond donors (Lipinski definition) is 3. The molecule has 0 aliphatic heterocycles. The van der Waals surface area contributed by atoms with E-state index in [2.05, 4.69) is 15.3 Å². The minimum absolute atomic E-state index is 0.0206. The molecule has 0 saturated carbocycles. The van der Waals surface area contributed by atoms with Crippen molar-refractivity contribution in [1.29, 1.82) is 0 Å². The Morgan fingerprint density at radius 3 is 2.52 bits per heavy atom. The van der Waals surface area contributed by atoms with E-state index < -0.39 is 11.1 Å². The number of carbonyl (C=O) groups is 1. The molecule has 10 heteroatoms. The number of aryl methyl sites for hydroxylation is 1. The summed E-state index contributed by atoms with van der Waals surface area (Å²) in [5.41, 5.74) is 11.5. The average Bonchev–Trinajstić information content (AvgIpc) is 3.17. The van der Waals surface area contributed by atoms with Crippen LogP contribution < -0.4 is 16.8 Å². The standard InChI is InChI=1S/C10H17N5OS.C7H8O2S/c1-13-7(3-2-4-15-10(11)12)8(16)9-14-5-6-17-9;1-6-2-4-7(5-3-6)10(8)9/h5-7,13H,2-4H2,1H3,(H4,11,12,15);2-5H,1H3,(H,8,9)/p-1/t7-;/m0./s1. The monoisotopic (exact) mass is 410 g/mol. The first-order valence-corrected chi connectivity index (χ1v) is 10.1. The van der Waals surface area contributed by atoms with Gasteiger partial charge in [-0.05, 0) is 50.0 Å². The fourth-order valence-electron chi connectivity index (χ4n) is 2.05. The molecule has 0 bridgehead atoms. The summed E-state index contributed by atoms with van der Waals surface area (Å²) >= 11 is -0.737. The van der Waals surface area contributed by atoms with Gasteiger partial charge >= 0.3 is 0 Å². The van der Waals surface area contributed by atoms with Crippen LogP contribution in [0, 0.1) is 6.92 Å². The van der Waals surface area contributed by atoms with Gasteiger partial charge in [0.15, 0.2) is 11.0 Å². The van der Waals surface area contributed by atoms with Crippen LogP contribution in [0.4, 0.5) is 0 Å². The van der Waals surface area contributed by atoms with Crippen molar-refractivity contribution in [3.8, 4) is 0 Å². The molecule has 0 spiro atoms. The molecule has 1 unspecified atom stereocenters. The van der Waals surface area contributed by atoms with Crippen LogP contribution in [-0.4, -0.2) is 45.1 Å². The van der Waals surface area contributed by atoms with Gasteiger partial charge in [0, 0.05) is 23.0 Å². The van der Waals surface area contributed by atoms with Gasteiger partial charge in [-0.15, -0.1) is 11.3 Å². The Morgan fingerprint density at radius 1 is 1.37 bits per heavy atom. The van der Waals surface area contributed by atoms with Gasteiger partial charge in [-0.1, -0.05) is 17.7 Å². The Morgan fingerprint density at radius 2 is 2.04 bits per heavy atom. The van der Waals surface area contributed by atoms with Crippen molar-refractivity contribution in [1.82, 2.24) is 10.3 Å². The van der Waals surface area contributed by atoms with Crippen LogP contribution >= 0.6 is 11.3 Å². The molecule has 2 atom stereocenters. The molecule has 0 aliphatic rings. The fraction of sp³-hybridized carbons (Fsp3) is 0.353. The topological polar surface area (TPSA) is 147 Å². The Kier molecular flexibility index (Phi) is 10.4. The first-order chi connectivity index (χ1) is 12.8. The number of nitrogens with two attached hydrogens (primary N) is 2. The summed E-state index contributed by atoms with van der Waals surface area (Å²) in [4.78, 5) is 20.2. The van der Waals surface area contributed by atoms with E-state index in [1.54, 1.807) is 42.9 Å². The average molecular weight is 411 g/mol. The van der Waals surface area contributed by atoms with Crippen molar-refractivity contribution in [2.24, 2.45) is 16.5 Å². The minimum atomic E-state index is -2.09. The maximum Gasteiger partial charge on any atom is 0.208 e. The Bertz CT molecular complexity index is 744. The zero-order valence-electron chi connectivity index (χ0n) is 15.3. The molecule has 0 aliphatic carbocycles. The largest absolute Gasteiger partial charge is 0.768 e. The van der Waals surface area contributed by atoms with Crippen molar-refractivity contribution in [2.75, 3.05) is 13.6 Å². The zero-order chi connectivity index (χ0) is 20.2. The highest BCUT2D eigenvalue weighted by molar-refractivity contribution is 7.79. The molecule has 8 nitrogen and oxygen atoms in total. The summed E-state index contributed by atoms with van der Waals surface area (Å²) in [5, 5.41) is 5.31.